The van der Waals surface area contributed by atoms with Crippen LogP contribution in [0.25, 0.3) is 0 Å². The minimum atomic E-state index is 0.430. The molecule has 1 aromatic rings. The normalized spacial score (nSPS) is 15.6. The molecule has 2 rings (SSSR count). The van der Waals surface area contributed by atoms with Crippen LogP contribution in [0.4, 0.5) is 5.82 Å². The van der Waals surface area contributed by atoms with E-state index in [2.05, 4.69) is 10.3 Å². The molecule has 1 saturated carbocycles. The van der Waals surface area contributed by atoms with Crippen molar-refractivity contribution in [1.82, 2.24) is 4.98 Å². The Kier molecular flexibility index (Phi) is 5.14. The highest BCUT2D eigenvalue weighted by molar-refractivity contribution is 7.80. The van der Waals surface area contributed by atoms with Crippen molar-refractivity contribution in [1.29, 1.82) is 0 Å². The maximum Gasteiger partial charge on any atom is 0.126 e. The number of rotatable bonds is 6. The molecule has 1 aromatic heterocycles. The van der Waals surface area contributed by atoms with Gasteiger partial charge in [0.15, 0.2) is 0 Å². The van der Waals surface area contributed by atoms with E-state index in [-0.39, 0.29) is 0 Å². The van der Waals surface area contributed by atoms with Gasteiger partial charge in [-0.25, -0.2) is 4.98 Å². The van der Waals surface area contributed by atoms with Gasteiger partial charge in [-0.15, -0.1) is 0 Å². The van der Waals surface area contributed by atoms with Crippen LogP contribution in [0.15, 0.2) is 12.1 Å². The number of nitrogens with one attached hydrogen (secondary N) is 1. The van der Waals surface area contributed by atoms with E-state index >= 15 is 0 Å². The Morgan fingerprint density at radius 1 is 1.42 bits per heavy atom. The molecular weight excluding hydrogens is 254 g/mol. The van der Waals surface area contributed by atoms with Crippen LogP contribution in [0.1, 0.15) is 49.8 Å². The Bertz CT molecular complexity index is 439. The van der Waals surface area contributed by atoms with Crippen molar-refractivity contribution in [2.45, 2.75) is 45.4 Å². The Balaban J connectivity index is 1.80. The van der Waals surface area contributed by atoms with Gasteiger partial charge < -0.3 is 11.1 Å². The second kappa shape index (κ2) is 6.85. The van der Waals surface area contributed by atoms with E-state index in [0.29, 0.717) is 4.99 Å². The molecule has 1 heterocycles. The van der Waals surface area contributed by atoms with Crippen LogP contribution in [-0.2, 0) is 0 Å². The van der Waals surface area contributed by atoms with E-state index in [4.69, 9.17) is 18.0 Å². The number of aromatic nitrogens is 1. The molecule has 0 atom stereocenters. The largest absolute Gasteiger partial charge is 0.389 e. The Hall–Kier alpha value is -1.16. The van der Waals surface area contributed by atoms with Gasteiger partial charge in [-0.3, -0.25) is 0 Å². The topological polar surface area (TPSA) is 50.9 Å². The minimum absolute atomic E-state index is 0.430. The Labute approximate surface area is 121 Å². The van der Waals surface area contributed by atoms with E-state index < -0.39 is 0 Å². The lowest BCUT2D eigenvalue weighted by Crippen LogP contribution is -2.12. The fraction of sp³-hybridized carbons (Fsp3) is 0.600. The maximum atomic E-state index is 5.66. The lowest BCUT2D eigenvalue weighted by atomic mass is 10.0. The van der Waals surface area contributed by atoms with Crippen molar-refractivity contribution in [3.8, 4) is 0 Å². The zero-order valence-electron chi connectivity index (χ0n) is 11.6. The van der Waals surface area contributed by atoms with Crippen LogP contribution in [0.5, 0.6) is 0 Å². The highest BCUT2D eigenvalue weighted by Crippen LogP contribution is 2.28. The third-order valence-corrected chi connectivity index (χ3v) is 4.04. The van der Waals surface area contributed by atoms with Crippen molar-refractivity contribution < 1.29 is 0 Å². The van der Waals surface area contributed by atoms with Gasteiger partial charge in [-0.05, 0) is 37.8 Å². The second-order valence-corrected chi connectivity index (χ2v) is 5.91. The summed E-state index contributed by atoms with van der Waals surface area (Å²) in [5.41, 5.74) is 7.50. The Morgan fingerprint density at radius 2 is 2.16 bits per heavy atom. The van der Waals surface area contributed by atoms with E-state index in [9.17, 15) is 0 Å². The lowest BCUT2D eigenvalue weighted by molar-refractivity contribution is 0.491. The molecule has 0 radical (unpaired) electrons. The first-order chi connectivity index (χ1) is 9.15. The quantitative estimate of drug-likeness (QED) is 0.618. The summed E-state index contributed by atoms with van der Waals surface area (Å²) in [5.74, 6) is 1.84. The molecule has 0 aromatic carbocycles. The molecule has 0 unspecified atom stereocenters. The van der Waals surface area contributed by atoms with Crippen molar-refractivity contribution in [2.24, 2.45) is 11.7 Å². The van der Waals surface area contributed by atoms with Crippen LogP contribution < -0.4 is 11.1 Å². The number of aryl methyl sites for hydroxylation is 1. The molecule has 3 N–H and O–H groups in total. The molecule has 3 nitrogen and oxygen atoms in total. The van der Waals surface area contributed by atoms with E-state index in [1.165, 1.54) is 38.5 Å². The number of anilines is 1. The van der Waals surface area contributed by atoms with Crippen molar-refractivity contribution >= 4 is 23.0 Å². The van der Waals surface area contributed by atoms with Gasteiger partial charge in [0.05, 0.1) is 0 Å². The molecule has 0 saturated heterocycles. The highest BCUT2D eigenvalue weighted by Gasteiger charge is 2.13. The molecule has 4 heteroatoms. The Morgan fingerprint density at radius 3 is 2.84 bits per heavy atom. The first-order valence-corrected chi connectivity index (χ1v) is 7.58. The average Bonchev–Trinajstić information content (AvgIpc) is 2.87. The number of nitrogens with two attached hydrogens (primary N) is 1. The summed E-state index contributed by atoms with van der Waals surface area (Å²) < 4.78 is 0. The monoisotopic (exact) mass is 277 g/mol. The molecular formula is C15H23N3S. The standard InChI is InChI=1S/C15H23N3S/c1-11-9-13(15(16)19)10-14(18-11)17-8-4-7-12-5-2-3-6-12/h9-10,12H,2-8H2,1H3,(H2,16,19)(H,17,18). The number of nitrogens with zero attached hydrogens (tertiary/aromatic N) is 1. The second-order valence-electron chi connectivity index (χ2n) is 5.47. The molecule has 104 valence electrons. The molecule has 0 amide bonds. The number of thiocarbonyl (C=S) groups is 1. The van der Waals surface area contributed by atoms with Gasteiger partial charge in [0.1, 0.15) is 10.8 Å². The molecule has 0 spiro atoms. The van der Waals surface area contributed by atoms with Crippen molar-refractivity contribution in [3.05, 3.63) is 23.4 Å². The predicted molar refractivity (Wildman–Crippen MR) is 84.5 cm³/mol. The van der Waals surface area contributed by atoms with Crippen molar-refractivity contribution in [2.75, 3.05) is 11.9 Å². The van der Waals surface area contributed by atoms with Crippen LogP contribution in [0, 0.1) is 12.8 Å². The first-order valence-electron chi connectivity index (χ1n) is 7.17. The molecule has 0 aliphatic heterocycles. The third-order valence-electron chi connectivity index (χ3n) is 3.81. The molecule has 1 aliphatic carbocycles. The number of pyridine rings is 1. The summed E-state index contributed by atoms with van der Waals surface area (Å²) >= 11 is 5.01. The van der Waals surface area contributed by atoms with E-state index in [0.717, 1.165) is 29.5 Å². The summed E-state index contributed by atoms with van der Waals surface area (Å²) in [6, 6.07) is 3.86. The van der Waals surface area contributed by atoms with Gasteiger partial charge >= 0.3 is 0 Å². The van der Waals surface area contributed by atoms with Crippen LogP contribution >= 0.6 is 12.2 Å². The summed E-state index contributed by atoms with van der Waals surface area (Å²) in [4.78, 5) is 4.89. The van der Waals surface area contributed by atoms with Gasteiger partial charge in [0, 0.05) is 17.8 Å². The smallest absolute Gasteiger partial charge is 0.126 e. The fourth-order valence-corrected chi connectivity index (χ4v) is 2.93. The highest BCUT2D eigenvalue weighted by atomic mass is 32.1. The third kappa shape index (κ3) is 4.46. The van der Waals surface area contributed by atoms with Gasteiger partial charge in [-0.2, -0.15) is 0 Å². The average molecular weight is 277 g/mol. The zero-order valence-corrected chi connectivity index (χ0v) is 12.4. The summed E-state index contributed by atoms with van der Waals surface area (Å²) in [6.07, 6.45) is 8.25. The van der Waals surface area contributed by atoms with Gasteiger partial charge in [0.25, 0.3) is 0 Å². The molecule has 19 heavy (non-hydrogen) atoms. The van der Waals surface area contributed by atoms with Crippen LogP contribution in [-0.4, -0.2) is 16.5 Å². The van der Waals surface area contributed by atoms with Crippen LogP contribution in [0.2, 0.25) is 0 Å². The SMILES string of the molecule is Cc1cc(C(N)=S)cc(NCCCC2CCCC2)n1. The number of hydrogen-bond donors (Lipinski definition) is 2. The molecule has 0 bridgehead atoms. The summed E-state index contributed by atoms with van der Waals surface area (Å²) in [7, 11) is 0. The number of hydrogen-bond acceptors (Lipinski definition) is 3. The van der Waals surface area contributed by atoms with E-state index in [1.54, 1.807) is 0 Å². The fourth-order valence-electron chi connectivity index (χ4n) is 2.81. The summed E-state index contributed by atoms with van der Waals surface area (Å²) in [5, 5.41) is 3.38. The van der Waals surface area contributed by atoms with Gasteiger partial charge in [0.2, 0.25) is 0 Å². The summed E-state index contributed by atoms with van der Waals surface area (Å²) in [6.45, 7) is 2.94. The maximum absolute atomic E-state index is 5.66. The predicted octanol–water partition coefficient (Wildman–Crippen LogP) is 3.41. The van der Waals surface area contributed by atoms with Crippen molar-refractivity contribution in [3.63, 3.8) is 0 Å². The van der Waals surface area contributed by atoms with Crippen LogP contribution in [0.3, 0.4) is 0 Å². The zero-order chi connectivity index (χ0) is 13.7. The lowest BCUT2D eigenvalue weighted by Gasteiger charge is -2.11. The first kappa shape index (κ1) is 14.3. The molecule has 1 fully saturated rings. The van der Waals surface area contributed by atoms with Gasteiger partial charge in [-0.1, -0.05) is 37.9 Å². The molecule has 1 aliphatic rings. The minimum Gasteiger partial charge on any atom is -0.389 e. The van der Waals surface area contributed by atoms with E-state index in [1.807, 2.05) is 19.1 Å².